The van der Waals surface area contributed by atoms with Crippen molar-refractivity contribution in [2.45, 2.75) is 33.1 Å². The number of carbonyl (C=O) groups excluding carboxylic acids is 2. The molecule has 0 fully saturated rings. The highest BCUT2D eigenvalue weighted by molar-refractivity contribution is 5.91. The van der Waals surface area contributed by atoms with E-state index in [4.69, 9.17) is 5.26 Å². The fourth-order valence-electron chi connectivity index (χ4n) is 1.89. The minimum absolute atomic E-state index is 0.0981. The SMILES string of the molecule is CC(C)(CC(=O)[O-])CC(=O)Nc1ccc(CC#N)cc1. The van der Waals surface area contributed by atoms with Crippen LogP contribution < -0.4 is 10.4 Å². The number of hydrogen-bond donors (Lipinski definition) is 1. The van der Waals surface area contributed by atoms with E-state index in [0.29, 0.717) is 12.1 Å². The Kier molecular flexibility index (Phi) is 5.27. The van der Waals surface area contributed by atoms with Gasteiger partial charge in [-0.05, 0) is 29.5 Å². The monoisotopic (exact) mass is 273 g/mol. The largest absolute Gasteiger partial charge is 0.550 e. The third-order valence-electron chi connectivity index (χ3n) is 2.78. The third-order valence-corrected chi connectivity index (χ3v) is 2.78. The topological polar surface area (TPSA) is 93.0 Å². The minimum atomic E-state index is -1.16. The van der Waals surface area contributed by atoms with E-state index in [9.17, 15) is 14.7 Å². The van der Waals surface area contributed by atoms with E-state index in [-0.39, 0.29) is 18.7 Å². The molecule has 0 saturated heterocycles. The zero-order valence-electron chi connectivity index (χ0n) is 11.6. The zero-order valence-corrected chi connectivity index (χ0v) is 11.6. The summed E-state index contributed by atoms with van der Waals surface area (Å²) < 4.78 is 0. The second-order valence-electron chi connectivity index (χ2n) is 5.47. The Balaban J connectivity index is 2.58. The number of aliphatic carboxylic acids is 1. The molecule has 0 aliphatic carbocycles. The van der Waals surface area contributed by atoms with Crippen LogP contribution in [0.1, 0.15) is 32.3 Å². The molecule has 5 nitrogen and oxygen atoms in total. The highest BCUT2D eigenvalue weighted by Gasteiger charge is 2.22. The molecule has 1 aromatic rings. The number of anilines is 1. The maximum atomic E-state index is 11.8. The standard InChI is InChI=1S/C15H18N2O3/c1-15(2,10-14(19)20)9-13(18)17-12-5-3-11(4-6-12)7-8-16/h3-6H,7,9-10H2,1-2H3,(H,17,18)(H,19,20)/p-1. The van der Waals surface area contributed by atoms with Crippen molar-refractivity contribution in [1.29, 1.82) is 5.26 Å². The first kappa shape index (κ1) is 15.7. The Hall–Kier alpha value is -2.35. The Morgan fingerprint density at radius 3 is 2.35 bits per heavy atom. The van der Waals surface area contributed by atoms with Gasteiger partial charge in [0.1, 0.15) is 0 Å². The Morgan fingerprint density at radius 1 is 1.25 bits per heavy atom. The van der Waals surface area contributed by atoms with Crippen LogP contribution in [0.25, 0.3) is 0 Å². The number of hydrogen-bond acceptors (Lipinski definition) is 4. The Bertz CT molecular complexity index is 527. The molecule has 0 radical (unpaired) electrons. The Morgan fingerprint density at radius 2 is 1.85 bits per heavy atom. The van der Waals surface area contributed by atoms with Crippen molar-refractivity contribution >= 4 is 17.6 Å². The van der Waals surface area contributed by atoms with Crippen LogP contribution in [0.3, 0.4) is 0 Å². The summed E-state index contributed by atoms with van der Waals surface area (Å²) >= 11 is 0. The first-order valence-corrected chi connectivity index (χ1v) is 6.28. The molecule has 0 aliphatic rings. The van der Waals surface area contributed by atoms with Gasteiger partial charge in [0, 0.05) is 18.1 Å². The first-order valence-electron chi connectivity index (χ1n) is 6.28. The second kappa shape index (κ2) is 6.71. The lowest BCUT2D eigenvalue weighted by molar-refractivity contribution is -0.307. The lowest BCUT2D eigenvalue weighted by Crippen LogP contribution is -2.31. The maximum Gasteiger partial charge on any atom is 0.224 e. The highest BCUT2D eigenvalue weighted by Crippen LogP contribution is 2.25. The van der Waals surface area contributed by atoms with Crippen LogP contribution in [0.15, 0.2) is 24.3 Å². The zero-order chi connectivity index (χ0) is 15.2. The van der Waals surface area contributed by atoms with E-state index < -0.39 is 11.4 Å². The van der Waals surface area contributed by atoms with E-state index in [1.807, 2.05) is 6.07 Å². The summed E-state index contributed by atoms with van der Waals surface area (Å²) in [6.45, 7) is 3.41. The van der Waals surface area contributed by atoms with Gasteiger partial charge in [-0.15, -0.1) is 0 Å². The maximum absolute atomic E-state index is 11.8. The number of nitrogens with one attached hydrogen (secondary N) is 1. The molecule has 106 valence electrons. The molecule has 5 heteroatoms. The van der Waals surface area contributed by atoms with Gasteiger partial charge in [0.25, 0.3) is 0 Å². The Labute approximate surface area is 118 Å². The smallest absolute Gasteiger partial charge is 0.224 e. The summed E-state index contributed by atoms with van der Waals surface area (Å²) in [5.74, 6) is -1.41. The van der Waals surface area contributed by atoms with Gasteiger partial charge >= 0.3 is 0 Å². The number of nitriles is 1. The molecular weight excluding hydrogens is 256 g/mol. The number of carboxylic acid groups (broad SMARTS) is 1. The number of rotatable bonds is 6. The van der Waals surface area contributed by atoms with Gasteiger partial charge in [-0.1, -0.05) is 26.0 Å². The van der Waals surface area contributed by atoms with E-state index in [0.717, 1.165) is 5.56 Å². The summed E-state index contributed by atoms with van der Waals surface area (Å²) in [5.41, 5.74) is 0.854. The van der Waals surface area contributed by atoms with Gasteiger partial charge in [0.2, 0.25) is 5.91 Å². The van der Waals surface area contributed by atoms with Crippen LogP contribution in [-0.2, 0) is 16.0 Å². The molecule has 1 N–H and O–H groups in total. The molecule has 1 rings (SSSR count). The van der Waals surface area contributed by atoms with Crippen molar-refractivity contribution < 1.29 is 14.7 Å². The predicted octanol–water partition coefficient (Wildman–Crippen LogP) is 1.25. The van der Waals surface area contributed by atoms with Gasteiger partial charge < -0.3 is 15.2 Å². The number of carboxylic acids is 1. The quantitative estimate of drug-likeness (QED) is 0.844. The van der Waals surface area contributed by atoms with Crippen molar-refractivity contribution in [3.63, 3.8) is 0 Å². The van der Waals surface area contributed by atoms with Crippen molar-refractivity contribution in [2.75, 3.05) is 5.32 Å². The molecule has 0 atom stereocenters. The summed E-state index contributed by atoms with van der Waals surface area (Å²) in [7, 11) is 0. The molecule has 0 aliphatic heterocycles. The number of nitrogens with zero attached hydrogens (tertiary/aromatic N) is 1. The molecule has 0 spiro atoms. The minimum Gasteiger partial charge on any atom is -0.550 e. The molecule has 1 amide bonds. The lowest BCUT2D eigenvalue weighted by atomic mass is 9.85. The van der Waals surface area contributed by atoms with Gasteiger partial charge in [0.15, 0.2) is 0 Å². The number of amides is 1. The van der Waals surface area contributed by atoms with Crippen LogP contribution in [0.2, 0.25) is 0 Å². The van der Waals surface area contributed by atoms with Crippen molar-refractivity contribution in [3.8, 4) is 6.07 Å². The van der Waals surface area contributed by atoms with Crippen LogP contribution in [0.4, 0.5) is 5.69 Å². The van der Waals surface area contributed by atoms with E-state index in [2.05, 4.69) is 5.32 Å². The third kappa shape index (κ3) is 5.53. The first-order chi connectivity index (χ1) is 9.32. The molecule has 0 unspecified atom stereocenters. The van der Waals surface area contributed by atoms with Crippen molar-refractivity contribution in [3.05, 3.63) is 29.8 Å². The molecule has 20 heavy (non-hydrogen) atoms. The normalized spacial score (nSPS) is 10.7. The van der Waals surface area contributed by atoms with Gasteiger partial charge in [-0.2, -0.15) is 5.26 Å². The predicted molar refractivity (Wildman–Crippen MR) is 72.4 cm³/mol. The van der Waals surface area contributed by atoms with Gasteiger partial charge in [0.05, 0.1) is 12.5 Å². The van der Waals surface area contributed by atoms with E-state index in [1.165, 1.54) is 0 Å². The van der Waals surface area contributed by atoms with Crippen molar-refractivity contribution in [2.24, 2.45) is 5.41 Å². The molecule has 0 bridgehead atoms. The molecule has 0 heterocycles. The lowest BCUT2D eigenvalue weighted by Gasteiger charge is -2.24. The van der Waals surface area contributed by atoms with Crippen LogP contribution >= 0.6 is 0 Å². The van der Waals surface area contributed by atoms with Crippen LogP contribution in [0, 0.1) is 16.7 Å². The number of carbonyl (C=O) groups is 2. The summed E-state index contributed by atoms with van der Waals surface area (Å²) in [6.07, 6.45) is 0.259. The average Bonchev–Trinajstić information content (AvgIpc) is 2.29. The highest BCUT2D eigenvalue weighted by atomic mass is 16.4. The molecule has 0 aromatic heterocycles. The average molecular weight is 273 g/mol. The number of benzene rings is 1. The van der Waals surface area contributed by atoms with Gasteiger partial charge in [-0.25, -0.2) is 0 Å². The van der Waals surface area contributed by atoms with Crippen LogP contribution in [-0.4, -0.2) is 11.9 Å². The van der Waals surface area contributed by atoms with Gasteiger partial charge in [-0.3, -0.25) is 4.79 Å². The van der Waals surface area contributed by atoms with Crippen molar-refractivity contribution in [1.82, 2.24) is 0 Å². The second-order valence-corrected chi connectivity index (χ2v) is 5.47. The van der Waals surface area contributed by atoms with E-state index in [1.54, 1.807) is 38.1 Å². The molecule has 1 aromatic carbocycles. The fraction of sp³-hybridized carbons (Fsp3) is 0.400. The van der Waals surface area contributed by atoms with Crippen LogP contribution in [0.5, 0.6) is 0 Å². The molecule has 0 saturated carbocycles. The van der Waals surface area contributed by atoms with E-state index >= 15 is 0 Å². The molecular formula is C15H17N2O3-. The summed E-state index contributed by atoms with van der Waals surface area (Å²) in [6, 6.07) is 9.02. The fourth-order valence-corrected chi connectivity index (χ4v) is 1.89. The summed E-state index contributed by atoms with van der Waals surface area (Å²) in [5, 5.41) is 21.9. The summed E-state index contributed by atoms with van der Waals surface area (Å²) in [4.78, 5) is 22.4.